The van der Waals surface area contributed by atoms with Crippen LogP contribution in [0, 0.1) is 5.41 Å². The lowest BCUT2D eigenvalue weighted by Crippen LogP contribution is -2.26. The van der Waals surface area contributed by atoms with Crippen molar-refractivity contribution in [3.05, 3.63) is 58.1 Å². The zero-order valence-corrected chi connectivity index (χ0v) is 25.1. The number of esters is 1. The summed E-state index contributed by atoms with van der Waals surface area (Å²) in [6, 6.07) is 14.1. The average molecular weight is 643 g/mol. The second-order valence-electron chi connectivity index (χ2n) is 10.1. The number of likely N-dealkylation sites (tertiary alicyclic amines) is 1. The monoisotopic (exact) mass is 641 g/mol. The Morgan fingerprint density at radius 3 is 2.58 bits per heavy atom. The Morgan fingerprint density at radius 1 is 1.17 bits per heavy atom. The van der Waals surface area contributed by atoms with Crippen LogP contribution in [0.4, 0.5) is 4.39 Å². The molecule has 0 saturated carbocycles. The molecule has 4 rings (SSSR count). The first-order chi connectivity index (χ1) is 16.7. The zero-order valence-electron chi connectivity index (χ0n) is 21.0. The highest BCUT2D eigenvalue weighted by molar-refractivity contribution is 9.11. The molecule has 2 aliphatic heterocycles. The van der Waals surface area contributed by atoms with Crippen LogP contribution >= 0.6 is 44.7 Å². The number of rotatable bonds is 7. The molecule has 0 aromatic heterocycles. The van der Waals surface area contributed by atoms with Crippen LogP contribution in [0.1, 0.15) is 51.2 Å². The zero-order chi connectivity index (χ0) is 25.0. The van der Waals surface area contributed by atoms with Gasteiger partial charge in [-0.1, -0.05) is 28.1 Å². The van der Waals surface area contributed by atoms with Gasteiger partial charge < -0.3 is 9.47 Å². The van der Waals surface area contributed by atoms with E-state index >= 15 is 0 Å². The fourth-order valence-electron chi connectivity index (χ4n) is 4.26. The van der Waals surface area contributed by atoms with Gasteiger partial charge >= 0.3 is 5.97 Å². The molecular weight excluding hydrogens is 609 g/mol. The third-order valence-corrected chi connectivity index (χ3v) is 8.04. The number of thioether (sulfide) groups is 1. The number of alkyl halides is 1. The summed E-state index contributed by atoms with van der Waals surface area (Å²) in [5.41, 5.74) is 2.69. The molecule has 0 amide bonds. The molecular formula is C28H34Br2FNO3S. The molecule has 0 aliphatic carbocycles. The standard InChI is InChI=1S/C28H33BrFNO3S.BrH/c1-28(2,3)27(32)34-21-9-10-25-23(17-21)26(24(29)12-16-35-25)19-5-7-20(8-6-19)33-22-11-15-31(18-22)14-4-13-30;/h5-10,17,22H,4,11-16,18H2,1-3H3;1H. The minimum absolute atomic E-state index is 0. The molecule has 0 bridgehead atoms. The number of allylic oxidation sites excluding steroid dienone is 1. The van der Waals surface area contributed by atoms with E-state index < -0.39 is 5.41 Å². The van der Waals surface area contributed by atoms with Crippen molar-refractivity contribution < 1.29 is 18.7 Å². The van der Waals surface area contributed by atoms with Crippen molar-refractivity contribution in [1.82, 2.24) is 4.90 Å². The summed E-state index contributed by atoms with van der Waals surface area (Å²) in [5, 5.41) is 0. The van der Waals surface area contributed by atoms with Gasteiger partial charge in [-0.15, -0.1) is 28.7 Å². The summed E-state index contributed by atoms with van der Waals surface area (Å²) in [6.07, 6.45) is 2.61. The predicted molar refractivity (Wildman–Crippen MR) is 155 cm³/mol. The Balaban J connectivity index is 0.00000361. The molecule has 1 unspecified atom stereocenters. The summed E-state index contributed by atoms with van der Waals surface area (Å²) in [7, 11) is 0. The highest BCUT2D eigenvalue weighted by atomic mass is 79.9. The molecule has 8 heteroatoms. The lowest BCUT2D eigenvalue weighted by atomic mass is 9.96. The molecule has 36 heavy (non-hydrogen) atoms. The fourth-order valence-corrected chi connectivity index (χ4v) is 6.17. The summed E-state index contributed by atoms with van der Waals surface area (Å²) in [4.78, 5) is 15.9. The van der Waals surface area contributed by atoms with Gasteiger partial charge in [0.15, 0.2) is 0 Å². The molecule has 2 aromatic carbocycles. The van der Waals surface area contributed by atoms with Crippen LogP contribution in [0.15, 0.2) is 51.8 Å². The van der Waals surface area contributed by atoms with Crippen LogP contribution in [0.5, 0.6) is 11.5 Å². The minimum Gasteiger partial charge on any atom is -0.489 e. The number of hydrogen-bond donors (Lipinski definition) is 0. The molecule has 0 radical (unpaired) electrons. The molecule has 196 valence electrons. The van der Waals surface area contributed by atoms with E-state index in [2.05, 4.69) is 33.0 Å². The first kappa shape index (κ1) is 29.2. The quantitative estimate of drug-likeness (QED) is 0.229. The summed E-state index contributed by atoms with van der Waals surface area (Å²) >= 11 is 5.64. The largest absolute Gasteiger partial charge is 0.489 e. The van der Waals surface area contributed by atoms with Crippen molar-refractivity contribution in [2.45, 2.75) is 51.0 Å². The van der Waals surface area contributed by atoms with E-state index in [0.717, 1.165) is 65.2 Å². The van der Waals surface area contributed by atoms with Crippen LogP contribution in [-0.2, 0) is 4.79 Å². The van der Waals surface area contributed by atoms with E-state index in [9.17, 15) is 9.18 Å². The molecule has 2 aromatic rings. The number of hydrogen-bond acceptors (Lipinski definition) is 5. The van der Waals surface area contributed by atoms with Crippen molar-refractivity contribution in [3.63, 3.8) is 0 Å². The maximum Gasteiger partial charge on any atom is 0.316 e. The molecule has 1 atom stereocenters. The van der Waals surface area contributed by atoms with E-state index in [1.165, 1.54) is 4.90 Å². The van der Waals surface area contributed by atoms with Crippen molar-refractivity contribution in [3.8, 4) is 11.5 Å². The number of ether oxygens (including phenoxy) is 2. The lowest BCUT2D eigenvalue weighted by Gasteiger charge is -2.19. The molecule has 2 heterocycles. The number of fused-ring (bicyclic) bond motifs is 1. The second kappa shape index (κ2) is 12.9. The van der Waals surface area contributed by atoms with Crippen molar-refractivity contribution in [2.24, 2.45) is 5.41 Å². The number of carbonyl (C=O) groups is 1. The van der Waals surface area contributed by atoms with Gasteiger partial charge in [0, 0.05) is 45.9 Å². The highest BCUT2D eigenvalue weighted by Crippen LogP contribution is 2.43. The van der Waals surface area contributed by atoms with Gasteiger partial charge in [0.2, 0.25) is 0 Å². The maximum absolute atomic E-state index is 12.5. The first-order valence-electron chi connectivity index (χ1n) is 12.2. The van der Waals surface area contributed by atoms with Gasteiger partial charge in [-0.2, -0.15) is 0 Å². The van der Waals surface area contributed by atoms with Crippen LogP contribution < -0.4 is 9.47 Å². The van der Waals surface area contributed by atoms with Gasteiger partial charge in [0.1, 0.15) is 17.6 Å². The number of carbonyl (C=O) groups excluding carboxylic acids is 1. The number of halogens is 3. The molecule has 0 spiro atoms. The Kier molecular flexibility index (Phi) is 10.5. The first-order valence-corrected chi connectivity index (χ1v) is 14.0. The third-order valence-electron chi connectivity index (χ3n) is 6.18. The van der Waals surface area contributed by atoms with Crippen molar-refractivity contribution >= 4 is 56.2 Å². The smallest absolute Gasteiger partial charge is 0.316 e. The SMILES string of the molecule is Br.CC(C)(C)C(=O)Oc1ccc2c(c1)C(c1ccc(OC3CCN(CCCF)C3)cc1)=C(Br)CCS2. The lowest BCUT2D eigenvalue weighted by molar-refractivity contribution is -0.143. The third kappa shape index (κ3) is 7.36. The molecule has 1 saturated heterocycles. The Hall–Kier alpha value is -1.35. The molecule has 1 fully saturated rings. The Morgan fingerprint density at radius 2 is 1.89 bits per heavy atom. The summed E-state index contributed by atoms with van der Waals surface area (Å²) in [6.45, 7) is 7.89. The van der Waals surface area contributed by atoms with Crippen LogP contribution in [0.25, 0.3) is 5.57 Å². The predicted octanol–water partition coefficient (Wildman–Crippen LogP) is 7.68. The highest BCUT2D eigenvalue weighted by Gasteiger charge is 2.26. The Labute approximate surface area is 236 Å². The fraction of sp³-hybridized carbons (Fsp3) is 0.464. The Bertz CT molecular complexity index is 1090. The average Bonchev–Trinajstić information content (AvgIpc) is 3.19. The van der Waals surface area contributed by atoms with Crippen molar-refractivity contribution in [1.29, 1.82) is 0 Å². The molecule has 2 aliphatic rings. The van der Waals surface area contributed by atoms with E-state index in [1.807, 2.05) is 62.9 Å². The van der Waals surface area contributed by atoms with Gasteiger partial charge in [-0.25, -0.2) is 0 Å². The van der Waals surface area contributed by atoms with E-state index in [4.69, 9.17) is 9.47 Å². The van der Waals surface area contributed by atoms with Crippen LogP contribution in [0.3, 0.4) is 0 Å². The topological polar surface area (TPSA) is 38.8 Å². The van der Waals surface area contributed by atoms with Gasteiger partial charge in [0.25, 0.3) is 0 Å². The van der Waals surface area contributed by atoms with Crippen LogP contribution in [-0.4, -0.2) is 49.0 Å². The molecule has 0 N–H and O–H groups in total. The summed E-state index contributed by atoms with van der Waals surface area (Å²) < 4.78 is 25.5. The number of benzene rings is 2. The van der Waals surface area contributed by atoms with Gasteiger partial charge in [-0.05, 0) is 75.9 Å². The second-order valence-corrected chi connectivity index (χ2v) is 12.2. The maximum atomic E-state index is 12.5. The van der Waals surface area contributed by atoms with E-state index in [-0.39, 0.29) is 35.7 Å². The van der Waals surface area contributed by atoms with Gasteiger partial charge in [0.05, 0.1) is 12.1 Å². The van der Waals surface area contributed by atoms with Crippen LogP contribution in [0.2, 0.25) is 0 Å². The molecule has 4 nitrogen and oxygen atoms in total. The number of nitrogens with zero attached hydrogens (tertiary/aromatic N) is 1. The van der Waals surface area contributed by atoms with E-state index in [0.29, 0.717) is 12.2 Å². The van der Waals surface area contributed by atoms with Gasteiger partial charge in [-0.3, -0.25) is 14.1 Å². The minimum atomic E-state index is -0.569. The normalized spacial score (nSPS) is 18.3. The van der Waals surface area contributed by atoms with Crippen molar-refractivity contribution in [2.75, 3.05) is 32.1 Å². The summed E-state index contributed by atoms with van der Waals surface area (Å²) in [5.74, 6) is 2.13. The van der Waals surface area contributed by atoms with E-state index in [1.54, 1.807) is 0 Å².